The summed E-state index contributed by atoms with van der Waals surface area (Å²) in [6, 6.07) is 12.0. The first-order valence-electron chi connectivity index (χ1n) is 6.06. The van der Waals surface area contributed by atoms with Gasteiger partial charge >= 0.3 is 0 Å². The van der Waals surface area contributed by atoms with Crippen molar-refractivity contribution in [2.75, 3.05) is 0 Å². The van der Waals surface area contributed by atoms with Crippen LogP contribution in [0.2, 0.25) is 5.02 Å². The van der Waals surface area contributed by atoms with Crippen LogP contribution >= 0.6 is 11.6 Å². The Morgan fingerprint density at radius 2 is 1.72 bits per heavy atom. The third-order valence-corrected chi connectivity index (χ3v) is 3.63. The third-order valence-electron chi connectivity index (χ3n) is 3.39. The quantitative estimate of drug-likeness (QED) is 0.740. The fourth-order valence-corrected chi connectivity index (χ4v) is 2.73. The Bertz CT molecular complexity index is 730. The molecule has 0 spiro atoms. The first-order chi connectivity index (χ1) is 8.74. The van der Waals surface area contributed by atoms with Crippen molar-refractivity contribution in [3.05, 3.63) is 47.0 Å². The fourth-order valence-electron chi connectivity index (χ4n) is 2.56. The minimum Gasteiger partial charge on any atom is -0.392 e. The molecule has 0 fully saturated rings. The first-order valence-corrected chi connectivity index (χ1v) is 6.43. The van der Waals surface area contributed by atoms with Crippen LogP contribution < -0.4 is 0 Å². The molecular formula is C15H14ClNO. The predicted molar refractivity (Wildman–Crippen MR) is 76.1 cm³/mol. The van der Waals surface area contributed by atoms with Gasteiger partial charge in [-0.2, -0.15) is 0 Å². The van der Waals surface area contributed by atoms with E-state index in [0.29, 0.717) is 0 Å². The number of benzene rings is 2. The molecule has 0 radical (unpaired) electrons. The van der Waals surface area contributed by atoms with E-state index < -0.39 is 0 Å². The topological polar surface area (TPSA) is 25.2 Å². The van der Waals surface area contributed by atoms with E-state index in [1.807, 2.05) is 24.3 Å². The lowest BCUT2D eigenvalue weighted by Crippen LogP contribution is -1.92. The molecule has 18 heavy (non-hydrogen) atoms. The minimum atomic E-state index is 0.0648. The molecule has 0 aliphatic rings. The first kappa shape index (κ1) is 11.6. The number of aryl methyl sites for hydroxylation is 1. The van der Waals surface area contributed by atoms with Crippen molar-refractivity contribution < 1.29 is 5.11 Å². The molecule has 0 unspecified atom stereocenters. The monoisotopic (exact) mass is 259 g/mol. The van der Waals surface area contributed by atoms with Crippen molar-refractivity contribution in [2.45, 2.75) is 20.1 Å². The van der Waals surface area contributed by atoms with E-state index in [4.69, 9.17) is 11.6 Å². The van der Waals surface area contributed by atoms with Gasteiger partial charge in [0, 0.05) is 33.4 Å². The summed E-state index contributed by atoms with van der Waals surface area (Å²) in [4.78, 5) is 0. The summed E-state index contributed by atoms with van der Waals surface area (Å²) in [5.41, 5.74) is 3.30. The van der Waals surface area contributed by atoms with E-state index >= 15 is 0 Å². The second kappa shape index (κ2) is 4.30. The summed E-state index contributed by atoms with van der Waals surface area (Å²) < 4.78 is 2.27. The second-order valence-electron chi connectivity index (χ2n) is 4.42. The van der Waals surface area contributed by atoms with E-state index in [1.54, 1.807) is 0 Å². The Kier molecular flexibility index (Phi) is 2.77. The number of hydrogen-bond acceptors (Lipinski definition) is 1. The molecule has 3 aromatic rings. The SMILES string of the molecule is CCn1c2ccc(Cl)cc2c2cc(CO)ccc21. The van der Waals surface area contributed by atoms with Crippen LogP contribution in [0.4, 0.5) is 0 Å². The Labute approximate surface area is 110 Å². The standard InChI is InChI=1S/C15H14ClNO/c1-2-17-14-5-3-10(9-18)7-12(14)13-8-11(16)4-6-15(13)17/h3-8,18H,2,9H2,1H3. The summed E-state index contributed by atoms with van der Waals surface area (Å²) in [6.07, 6.45) is 0. The summed E-state index contributed by atoms with van der Waals surface area (Å²) in [5.74, 6) is 0. The molecule has 0 aliphatic heterocycles. The minimum absolute atomic E-state index is 0.0648. The van der Waals surface area contributed by atoms with Gasteiger partial charge in [-0.15, -0.1) is 0 Å². The van der Waals surface area contributed by atoms with Gasteiger partial charge in [-0.25, -0.2) is 0 Å². The van der Waals surface area contributed by atoms with E-state index in [-0.39, 0.29) is 6.61 Å². The predicted octanol–water partition coefficient (Wildman–Crippen LogP) is 3.96. The van der Waals surface area contributed by atoms with Crippen molar-refractivity contribution in [1.82, 2.24) is 4.57 Å². The maximum atomic E-state index is 9.25. The summed E-state index contributed by atoms with van der Waals surface area (Å²) in [7, 11) is 0. The van der Waals surface area contributed by atoms with Gasteiger partial charge in [-0.1, -0.05) is 17.7 Å². The number of rotatable bonds is 2. The highest BCUT2D eigenvalue weighted by Gasteiger charge is 2.10. The number of fused-ring (bicyclic) bond motifs is 3. The molecule has 0 saturated heterocycles. The molecule has 0 aliphatic carbocycles. The van der Waals surface area contributed by atoms with Crippen molar-refractivity contribution in [3.63, 3.8) is 0 Å². The van der Waals surface area contributed by atoms with Crippen LogP contribution in [0.5, 0.6) is 0 Å². The normalized spacial score (nSPS) is 11.5. The van der Waals surface area contributed by atoms with Gasteiger partial charge in [0.25, 0.3) is 0 Å². The lowest BCUT2D eigenvalue weighted by Gasteiger charge is -2.03. The molecule has 0 atom stereocenters. The van der Waals surface area contributed by atoms with Crippen LogP contribution in [0.15, 0.2) is 36.4 Å². The molecule has 1 aromatic heterocycles. The lowest BCUT2D eigenvalue weighted by atomic mass is 10.1. The Balaban J connectivity index is 2.49. The zero-order chi connectivity index (χ0) is 12.7. The lowest BCUT2D eigenvalue weighted by molar-refractivity contribution is 0.282. The van der Waals surface area contributed by atoms with Gasteiger partial charge in [-0.05, 0) is 42.8 Å². The number of hydrogen-bond donors (Lipinski definition) is 1. The second-order valence-corrected chi connectivity index (χ2v) is 4.85. The Morgan fingerprint density at radius 3 is 2.39 bits per heavy atom. The van der Waals surface area contributed by atoms with Crippen molar-refractivity contribution in [3.8, 4) is 0 Å². The number of aliphatic hydroxyl groups excluding tert-OH is 1. The van der Waals surface area contributed by atoms with Crippen LogP contribution in [0.3, 0.4) is 0 Å². The van der Waals surface area contributed by atoms with E-state index in [2.05, 4.69) is 23.6 Å². The van der Waals surface area contributed by atoms with Gasteiger partial charge in [0.2, 0.25) is 0 Å². The molecule has 2 aromatic carbocycles. The van der Waals surface area contributed by atoms with E-state index in [1.165, 1.54) is 11.0 Å². The maximum absolute atomic E-state index is 9.25. The Hall–Kier alpha value is -1.51. The summed E-state index contributed by atoms with van der Waals surface area (Å²) >= 11 is 6.09. The van der Waals surface area contributed by atoms with E-state index in [0.717, 1.165) is 27.9 Å². The molecule has 1 N–H and O–H groups in total. The molecule has 0 bridgehead atoms. The highest BCUT2D eigenvalue weighted by atomic mass is 35.5. The molecule has 1 heterocycles. The van der Waals surface area contributed by atoms with Gasteiger partial charge in [0.15, 0.2) is 0 Å². The molecule has 0 saturated carbocycles. The van der Waals surface area contributed by atoms with Crippen molar-refractivity contribution in [1.29, 1.82) is 0 Å². The van der Waals surface area contributed by atoms with Gasteiger partial charge < -0.3 is 9.67 Å². The number of nitrogens with zero attached hydrogens (tertiary/aromatic N) is 1. The van der Waals surface area contributed by atoms with Crippen LogP contribution in [-0.4, -0.2) is 9.67 Å². The molecule has 2 nitrogen and oxygen atoms in total. The van der Waals surface area contributed by atoms with Crippen LogP contribution in [0.25, 0.3) is 21.8 Å². The van der Waals surface area contributed by atoms with Gasteiger partial charge in [0.1, 0.15) is 0 Å². The van der Waals surface area contributed by atoms with Gasteiger partial charge in [-0.3, -0.25) is 0 Å². The molecule has 92 valence electrons. The highest BCUT2D eigenvalue weighted by molar-refractivity contribution is 6.31. The number of halogens is 1. The molecule has 0 amide bonds. The third kappa shape index (κ3) is 1.61. The summed E-state index contributed by atoms with van der Waals surface area (Å²) in [6.45, 7) is 3.11. The molecular weight excluding hydrogens is 246 g/mol. The fraction of sp³-hybridized carbons (Fsp3) is 0.200. The Morgan fingerprint density at radius 1 is 1.06 bits per heavy atom. The van der Waals surface area contributed by atoms with Crippen molar-refractivity contribution in [2.24, 2.45) is 0 Å². The summed E-state index contributed by atoms with van der Waals surface area (Å²) in [5, 5.41) is 12.3. The van der Waals surface area contributed by atoms with Crippen LogP contribution in [-0.2, 0) is 13.2 Å². The van der Waals surface area contributed by atoms with Crippen LogP contribution in [0, 0.1) is 0 Å². The molecule has 3 heteroatoms. The smallest absolute Gasteiger partial charge is 0.0682 e. The largest absolute Gasteiger partial charge is 0.392 e. The zero-order valence-electron chi connectivity index (χ0n) is 10.2. The highest BCUT2D eigenvalue weighted by Crippen LogP contribution is 2.31. The van der Waals surface area contributed by atoms with Crippen LogP contribution in [0.1, 0.15) is 12.5 Å². The maximum Gasteiger partial charge on any atom is 0.0682 e. The zero-order valence-corrected chi connectivity index (χ0v) is 10.9. The van der Waals surface area contributed by atoms with Gasteiger partial charge in [0.05, 0.1) is 6.61 Å². The number of aliphatic hydroxyl groups is 1. The van der Waals surface area contributed by atoms with E-state index in [9.17, 15) is 5.11 Å². The average molecular weight is 260 g/mol. The average Bonchev–Trinajstić information content (AvgIpc) is 2.71. The molecule has 3 rings (SSSR count). The number of aromatic nitrogens is 1. The van der Waals surface area contributed by atoms with Crippen molar-refractivity contribution >= 4 is 33.4 Å².